The number of ketones is 2. The molecule has 1 aliphatic rings. The van der Waals surface area contributed by atoms with E-state index in [9.17, 15) is 9.59 Å². The minimum atomic E-state index is -0.670. The average molecular weight is 361 g/mol. The summed E-state index contributed by atoms with van der Waals surface area (Å²) in [6.07, 6.45) is 3.47. The van der Waals surface area contributed by atoms with Gasteiger partial charge >= 0.3 is 0 Å². The normalized spacial score (nSPS) is 20.7. The first-order chi connectivity index (χ1) is 13.1. The second-order valence-corrected chi connectivity index (χ2v) is 7.37. The van der Waals surface area contributed by atoms with Crippen LogP contribution in [0.5, 0.6) is 0 Å². The van der Waals surface area contributed by atoms with Crippen LogP contribution in [0.15, 0.2) is 59.6 Å². The van der Waals surface area contributed by atoms with Crippen LogP contribution in [-0.2, 0) is 9.59 Å². The summed E-state index contributed by atoms with van der Waals surface area (Å²) in [4.78, 5) is 30.7. The summed E-state index contributed by atoms with van der Waals surface area (Å²) in [6, 6.07) is 17.8. The van der Waals surface area contributed by atoms with Gasteiger partial charge in [-0.25, -0.2) is 0 Å². The maximum absolute atomic E-state index is 13.0. The van der Waals surface area contributed by atoms with E-state index in [1.165, 1.54) is 0 Å². The SMILES string of the molecule is CCCCC(=Nc1ccccc1C)C1C(=O)CC(c2ccccc2)CC1=O. The van der Waals surface area contributed by atoms with Gasteiger partial charge in [0.2, 0.25) is 0 Å². The van der Waals surface area contributed by atoms with Crippen molar-refractivity contribution in [3.05, 3.63) is 65.7 Å². The molecule has 3 heteroatoms. The molecule has 0 spiro atoms. The largest absolute Gasteiger partial charge is 0.298 e. The number of Topliss-reactive ketones (excluding diaryl/α,β-unsaturated/α-hetero) is 2. The number of carbonyl (C=O) groups excluding carboxylic acids is 2. The summed E-state index contributed by atoms with van der Waals surface area (Å²) in [5.74, 6) is -0.642. The summed E-state index contributed by atoms with van der Waals surface area (Å²) in [6.45, 7) is 4.12. The Labute approximate surface area is 161 Å². The Morgan fingerprint density at radius 3 is 2.22 bits per heavy atom. The van der Waals surface area contributed by atoms with Crippen molar-refractivity contribution < 1.29 is 9.59 Å². The van der Waals surface area contributed by atoms with Gasteiger partial charge in [-0.05, 0) is 42.9 Å². The van der Waals surface area contributed by atoms with Gasteiger partial charge in [0.15, 0.2) is 0 Å². The topological polar surface area (TPSA) is 46.5 Å². The van der Waals surface area contributed by atoms with Gasteiger partial charge in [0.05, 0.1) is 5.69 Å². The second-order valence-electron chi connectivity index (χ2n) is 7.37. The van der Waals surface area contributed by atoms with E-state index in [2.05, 4.69) is 6.92 Å². The third-order valence-corrected chi connectivity index (χ3v) is 5.31. The lowest BCUT2D eigenvalue weighted by molar-refractivity contribution is -0.133. The number of nitrogens with zero attached hydrogens (tertiary/aromatic N) is 1. The third kappa shape index (κ3) is 4.60. The molecule has 0 N–H and O–H groups in total. The monoisotopic (exact) mass is 361 g/mol. The first kappa shape index (κ1) is 19.2. The molecule has 1 saturated carbocycles. The Morgan fingerprint density at radius 1 is 0.963 bits per heavy atom. The van der Waals surface area contributed by atoms with Crippen molar-refractivity contribution in [2.45, 2.75) is 51.9 Å². The zero-order valence-corrected chi connectivity index (χ0v) is 16.2. The van der Waals surface area contributed by atoms with Gasteiger partial charge in [0.25, 0.3) is 0 Å². The fourth-order valence-corrected chi connectivity index (χ4v) is 3.77. The Balaban J connectivity index is 1.88. The van der Waals surface area contributed by atoms with Gasteiger partial charge in [-0.3, -0.25) is 14.6 Å². The highest BCUT2D eigenvalue weighted by atomic mass is 16.2. The zero-order valence-electron chi connectivity index (χ0n) is 16.2. The molecule has 0 aromatic heterocycles. The van der Waals surface area contributed by atoms with Gasteiger partial charge in [0.1, 0.15) is 17.5 Å². The van der Waals surface area contributed by atoms with E-state index in [1.54, 1.807) is 0 Å². The summed E-state index contributed by atoms with van der Waals surface area (Å²) in [7, 11) is 0. The molecule has 27 heavy (non-hydrogen) atoms. The summed E-state index contributed by atoms with van der Waals surface area (Å²) >= 11 is 0. The van der Waals surface area contributed by atoms with Crippen LogP contribution >= 0.6 is 0 Å². The Morgan fingerprint density at radius 2 is 1.59 bits per heavy atom. The highest BCUT2D eigenvalue weighted by Crippen LogP contribution is 2.34. The second kappa shape index (κ2) is 8.90. The molecule has 2 aromatic carbocycles. The molecule has 0 atom stereocenters. The Bertz CT molecular complexity index is 820. The molecular weight excluding hydrogens is 334 g/mol. The van der Waals surface area contributed by atoms with E-state index in [0.717, 1.165) is 35.4 Å². The molecule has 1 aliphatic carbocycles. The molecule has 3 rings (SSSR count). The van der Waals surface area contributed by atoms with Crippen molar-refractivity contribution in [1.82, 2.24) is 0 Å². The minimum absolute atomic E-state index is 0.00617. The third-order valence-electron chi connectivity index (χ3n) is 5.31. The fourth-order valence-electron chi connectivity index (χ4n) is 3.77. The van der Waals surface area contributed by atoms with Gasteiger partial charge in [-0.2, -0.15) is 0 Å². The molecule has 0 aliphatic heterocycles. The van der Waals surface area contributed by atoms with Crippen molar-refractivity contribution in [3.63, 3.8) is 0 Å². The van der Waals surface area contributed by atoms with Crippen LogP contribution in [-0.4, -0.2) is 17.3 Å². The fraction of sp³-hybridized carbons (Fsp3) is 0.375. The Kier molecular flexibility index (Phi) is 6.33. The first-order valence-electron chi connectivity index (χ1n) is 9.83. The van der Waals surface area contributed by atoms with Crippen LogP contribution in [0.2, 0.25) is 0 Å². The van der Waals surface area contributed by atoms with E-state index in [4.69, 9.17) is 4.99 Å². The highest BCUT2D eigenvalue weighted by molar-refractivity contribution is 6.23. The minimum Gasteiger partial charge on any atom is -0.298 e. The molecule has 0 amide bonds. The summed E-state index contributed by atoms with van der Waals surface area (Å²) in [5.41, 5.74) is 3.73. The van der Waals surface area contributed by atoms with Crippen molar-refractivity contribution in [2.75, 3.05) is 0 Å². The lowest BCUT2D eigenvalue weighted by atomic mass is 9.74. The van der Waals surface area contributed by atoms with E-state index < -0.39 is 5.92 Å². The van der Waals surface area contributed by atoms with Crippen LogP contribution in [0.3, 0.4) is 0 Å². The average Bonchev–Trinajstić information content (AvgIpc) is 2.67. The van der Waals surface area contributed by atoms with Gasteiger partial charge in [-0.15, -0.1) is 0 Å². The van der Waals surface area contributed by atoms with Crippen molar-refractivity contribution in [3.8, 4) is 0 Å². The van der Waals surface area contributed by atoms with Crippen molar-refractivity contribution in [1.29, 1.82) is 0 Å². The molecule has 3 nitrogen and oxygen atoms in total. The van der Waals surface area contributed by atoms with E-state index in [1.807, 2.05) is 61.5 Å². The molecule has 1 fully saturated rings. The maximum atomic E-state index is 13.0. The number of para-hydroxylation sites is 1. The number of carbonyl (C=O) groups is 2. The standard InChI is InChI=1S/C24H27NO2/c1-3-4-13-21(25-20-14-9-8-10-17(20)2)24-22(26)15-19(16-23(24)27)18-11-6-5-7-12-18/h5-12,14,19,24H,3-4,13,15-16H2,1-2H3. The Hall–Kier alpha value is -2.55. The van der Waals surface area contributed by atoms with E-state index >= 15 is 0 Å². The predicted molar refractivity (Wildman–Crippen MR) is 110 cm³/mol. The van der Waals surface area contributed by atoms with Gasteiger partial charge in [-0.1, -0.05) is 61.9 Å². The summed E-state index contributed by atoms with van der Waals surface area (Å²) < 4.78 is 0. The molecule has 0 saturated heterocycles. The van der Waals surface area contributed by atoms with Crippen molar-refractivity contribution >= 4 is 23.0 Å². The van der Waals surface area contributed by atoms with Crippen LogP contribution < -0.4 is 0 Å². The highest BCUT2D eigenvalue weighted by Gasteiger charge is 2.38. The lowest BCUT2D eigenvalue weighted by Gasteiger charge is -2.27. The molecular formula is C24H27NO2. The van der Waals surface area contributed by atoms with Crippen molar-refractivity contribution in [2.24, 2.45) is 10.9 Å². The zero-order chi connectivity index (χ0) is 19.2. The van der Waals surface area contributed by atoms with Crippen LogP contribution in [0.25, 0.3) is 0 Å². The number of hydrogen-bond donors (Lipinski definition) is 0. The lowest BCUT2D eigenvalue weighted by Crippen LogP contribution is -2.38. The molecule has 0 heterocycles. The van der Waals surface area contributed by atoms with Gasteiger partial charge < -0.3 is 0 Å². The molecule has 0 radical (unpaired) electrons. The molecule has 2 aromatic rings. The van der Waals surface area contributed by atoms with Crippen LogP contribution in [0.1, 0.15) is 56.1 Å². The number of hydrogen-bond acceptors (Lipinski definition) is 3. The first-order valence-corrected chi connectivity index (χ1v) is 9.83. The number of unbranched alkanes of at least 4 members (excludes halogenated alkanes) is 1. The number of rotatable bonds is 6. The van der Waals surface area contributed by atoms with E-state index in [0.29, 0.717) is 19.3 Å². The van der Waals surface area contributed by atoms with E-state index in [-0.39, 0.29) is 17.5 Å². The smallest absolute Gasteiger partial charge is 0.149 e. The van der Waals surface area contributed by atoms with Crippen LogP contribution in [0, 0.1) is 12.8 Å². The molecule has 0 unspecified atom stereocenters. The molecule has 140 valence electrons. The molecule has 0 bridgehead atoms. The number of aryl methyl sites for hydroxylation is 1. The predicted octanol–water partition coefficient (Wildman–Crippen LogP) is 5.59. The maximum Gasteiger partial charge on any atom is 0.149 e. The van der Waals surface area contributed by atoms with Crippen LogP contribution in [0.4, 0.5) is 5.69 Å². The number of aliphatic imine (C=N–C) groups is 1. The van der Waals surface area contributed by atoms with Gasteiger partial charge in [0, 0.05) is 18.6 Å². The quantitative estimate of drug-likeness (QED) is 0.497. The summed E-state index contributed by atoms with van der Waals surface area (Å²) in [5, 5.41) is 0. The number of benzene rings is 2.